The van der Waals surface area contributed by atoms with E-state index in [-0.39, 0.29) is 5.56 Å². The Morgan fingerprint density at radius 1 is 1.25 bits per heavy atom. The highest BCUT2D eigenvalue weighted by Crippen LogP contribution is 2.31. The summed E-state index contributed by atoms with van der Waals surface area (Å²) >= 11 is 7.61. The molecule has 0 aliphatic heterocycles. The summed E-state index contributed by atoms with van der Waals surface area (Å²) < 4.78 is 2.24. The quantitative estimate of drug-likeness (QED) is 0.538. The molecule has 0 spiro atoms. The smallest absolute Gasteiger partial charge is 0.271 e. The summed E-state index contributed by atoms with van der Waals surface area (Å²) in [5.41, 5.74) is 3.62. The van der Waals surface area contributed by atoms with E-state index in [2.05, 4.69) is 9.97 Å². The maximum Gasteiger partial charge on any atom is 0.271 e. The minimum absolute atomic E-state index is 0.0556. The lowest BCUT2D eigenvalue weighted by Crippen LogP contribution is -2.20. The van der Waals surface area contributed by atoms with Crippen LogP contribution >= 0.6 is 22.9 Å². The number of benzene rings is 1. The maximum absolute atomic E-state index is 12.9. The second kappa shape index (κ2) is 5.69. The van der Waals surface area contributed by atoms with Gasteiger partial charge >= 0.3 is 0 Å². The summed E-state index contributed by atoms with van der Waals surface area (Å²) in [6.45, 7) is 4.39. The van der Waals surface area contributed by atoms with Crippen molar-refractivity contribution in [2.45, 2.75) is 20.4 Å². The van der Waals surface area contributed by atoms with E-state index in [0.717, 1.165) is 32.6 Å². The van der Waals surface area contributed by atoms with Crippen molar-refractivity contribution in [2.75, 3.05) is 0 Å². The van der Waals surface area contributed by atoms with Gasteiger partial charge in [0.1, 0.15) is 9.53 Å². The third-order valence-corrected chi connectivity index (χ3v) is 5.47. The molecule has 0 radical (unpaired) electrons. The first-order valence-corrected chi connectivity index (χ1v) is 8.73. The van der Waals surface area contributed by atoms with Crippen LogP contribution < -0.4 is 5.56 Å². The van der Waals surface area contributed by atoms with E-state index < -0.39 is 0 Å². The van der Waals surface area contributed by atoms with Crippen LogP contribution in [0.2, 0.25) is 5.02 Å². The number of thiophene rings is 1. The van der Waals surface area contributed by atoms with Crippen LogP contribution in [-0.4, -0.2) is 14.5 Å². The van der Waals surface area contributed by atoms with Crippen molar-refractivity contribution < 1.29 is 0 Å². The molecule has 0 N–H and O–H groups in total. The molecule has 4 nitrogen and oxygen atoms in total. The standard InChI is InChI=1S/C18H14ClN3OS/c1-10-7-11(2)21-17-14(10)15-16(24-17)18(23)22(9-20-15)8-12-5-3-4-6-13(12)19/h3-7,9H,8H2,1-2H3. The van der Waals surface area contributed by atoms with Gasteiger partial charge in [-0.1, -0.05) is 29.8 Å². The topological polar surface area (TPSA) is 47.8 Å². The van der Waals surface area contributed by atoms with Crippen molar-refractivity contribution in [1.82, 2.24) is 14.5 Å². The number of hydrogen-bond donors (Lipinski definition) is 0. The van der Waals surface area contributed by atoms with Gasteiger partial charge in [0.2, 0.25) is 0 Å². The molecule has 24 heavy (non-hydrogen) atoms. The average Bonchev–Trinajstić information content (AvgIpc) is 2.91. The first-order valence-electron chi connectivity index (χ1n) is 7.54. The van der Waals surface area contributed by atoms with E-state index in [0.29, 0.717) is 16.3 Å². The Kier molecular flexibility index (Phi) is 3.62. The summed E-state index contributed by atoms with van der Waals surface area (Å²) in [6.07, 6.45) is 1.60. The second-order valence-electron chi connectivity index (χ2n) is 5.81. The van der Waals surface area contributed by atoms with Gasteiger partial charge in [0, 0.05) is 16.1 Å². The Hall–Kier alpha value is -2.24. The first kappa shape index (κ1) is 15.3. The number of pyridine rings is 1. The largest absolute Gasteiger partial charge is 0.293 e. The van der Waals surface area contributed by atoms with Crippen LogP contribution in [-0.2, 0) is 6.54 Å². The summed E-state index contributed by atoms with van der Waals surface area (Å²) in [5.74, 6) is 0. The summed E-state index contributed by atoms with van der Waals surface area (Å²) in [6, 6.07) is 9.54. The van der Waals surface area contributed by atoms with Gasteiger partial charge in [-0.15, -0.1) is 11.3 Å². The number of hydrogen-bond acceptors (Lipinski definition) is 4. The van der Waals surface area contributed by atoms with Crippen LogP contribution in [0.5, 0.6) is 0 Å². The number of halogens is 1. The first-order chi connectivity index (χ1) is 11.5. The van der Waals surface area contributed by atoms with Crippen LogP contribution in [0, 0.1) is 13.8 Å². The Labute approximate surface area is 147 Å². The number of rotatable bonds is 2. The van der Waals surface area contributed by atoms with Crippen LogP contribution in [0.1, 0.15) is 16.8 Å². The lowest BCUT2D eigenvalue weighted by molar-refractivity contribution is 0.750. The summed E-state index contributed by atoms with van der Waals surface area (Å²) in [5, 5.41) is 1.62. The van der Waals surface area contributed by atoms with E-state index in [4.69, 9.17) is 11.6 Å². The molecule has 0 atom stereocenters. The van der Waals surface area contributed by atoms with Crippen LogP contribution in [0.4, 0.5) is 0 Å². The molecule has 0 saturated carbocycles. The molecular weight excluding hydrogens is 342 g/mol. The van der Waals surface area contributed by atoms with Gasteiger partial charge < -0.3 is 0 Å². The minimum atomic E-state index is -0.0556. The predicted molar refractivity (Wildman–Crippen MR) is 99.2 cm³/mol. The molecule has 6 heteroatoms. The van der Waals surface area contributed by atoms with E-state index >= 15 is 0 Å². The Bertz CT molecular complexity index is 1150. The fourth-order valence-corrected chi connectivity index (χ4v) is 4.32. The Morgan fingerprint density at radius 3 is 2.83 bits per heavy atom. The van der Waals surface area contributed by atoms with Gasteiger partial charge in [-0.2, -0.15) is 0 Å². The highest BCUT2D eigenvalue weighted by molar-refractivity contribution is 7.25. The number of aryl methyl sites for hydroxylation is 2. The molecule has 0 aliphatic rings. The zero-order valence-electron chi connectivity index (χ0n) is 13.2. The summed E-state index contributed by atoms with van der Waals surface area (Å²) in [4.78, 5) is 22.8. The van der Waals surface area contributed by atoms with Crippen molar-refractivity contribution in [3.63, 3.8) is 0 Å². The molecule has 4 aromatic rings. The number of fused-ring (bicyclic) bond motifs is 3. The minimum Gasteiger partial charge on any atom is -0.293 e. The highest BCUT2D eigenvalue weighted by atomic mass is 35.5. The number of nitrogens with zero attached hydrogens (tertiary/aromatic N) is 3. The fraction of sp³-hybridized carbons (Fsp3) is 0.167. The molecular formula is C18H14ClN3OS. The molecule has 0 saturated heterocycles. The number of aromatic nitrogens is 3. The van der Waals surface area contributed by atoms with Crippen molar-refractivity contribution in [3.8, 4) is 0 Å². The van der Waals surface area contributed by atoms with E-state index in [1.807, 2.05) is 44.2 Å². The molecule has 4 rings (SSSR count). The zero-order valence-corrected chi connectivity index (χ0v) is 14.8. The highest BCUT2D eigenvalue weighted by Gasteiger charge is 2.15. The maximum atomic E-state index is 12.9. The molecule has 0 amide bonds. The Balaban J connectivity index is 1.93. The molecule has 0 bridgehead atoms. The van der Waals surface area contributed by atoms with Gasteiger partial charge in [-0.25, -0.2) is 9.97 Å². The molecule has 120 valence electrons. The molecule has 0 aliphatic carbocycles. The van der Waals surface area contributed by atoms with Crippen molar-refractivity contribution >= 4 is 43.4 Å². The predicted octanol–water partition coefficient (Wildman–Crippen LogP) is 4.32. The molecule has 0 fully saturated rings. The molecule has 1 aromatic carbocycles. The monoisotopic (exact) mass is 355 g/mol. The molecule has 3 aromatic heterocycles. The summed E-state index contributed by atoms with van der Waals surface area (Å²) in [7, 11) is 0. The van der Waals surface area contributed by atoms with Crippen LogP contribution in [0.3, 0.4) is 0 Å². The van der Waals surface area contributed by atoms with Crippen LogP contribution in [0.15, 0.2) is 41.5 Å². The van der Waals surface area contributed by atoms with Gasteiger partial charge in [-0.3, -0.25) is 9.36 Å². The Morgan fingerprint density at radius 2 is 2.04 bits per heavy atom. The van der Waals surface area contributed by atoms with Crippen LogP contribution in [0.25, 0.3) is 20.4 Å². The normalized spacial score (nSPS) is 11.5. The fourth-order valence-electron chi connectivity index (χ4n) is 2.92. The molecule has 0 unspecified atom stereocenters. The third kappa shape index (κ3) is 2.41. The SMILES string of the molecule is Cc1cc(C)c2c(n1)sc1c(=O)n(Cc3ccccc3Cl)cnc12. The average molecular weight is 356 g/mol. The van der Waals surface area contributed by atoms with E-state index in [1.54, 1.807) is 10.9 Å². The van der Waals surface area contributed by atoms with Crippen molar-refractivity contribution in [1.29, 1.82) is 0 Å². The second-order valence-corrected chi connectivity index (χ2v) is 7.22. The van der Waals surface area contributed by atoms with Crippen molar-refractivity contribution in [3.05, 3.63) is 68.9 Å². The third-order valence-electron chi connectivity index (χ3n) is 4.04. The lowest BCUT2D eigenvalue weighted by atomic mass is 10.1. The van der Waals surface area contributed by atoms with Gasteiger partial charge in [0.05, 0.1) is 18.4 Å². The van der Waals surface area contributed by atoms with Gasteiger partial charge in [0.25, 0.3) is 5.56 Å². The molecule has 3 heterocycles. The van der Waals surface area contributed by atoms with Gasteiger partial charge in [0.15, 0.2) is 0 Å². The van der Waals surface area contributed by atoms with Gasteiger partial charge in [-0.05, 0) is 37.1 Å². The zero-order chi connectivity index (χ0) is 16.8. The lowest BCUT2D eigenvalue weighted by Gasteiger charge is -2.07. The van der Waals surface area contributed by atoms with E-state index in [9.17, 15) is 4.79 Å². The van der Waals surface area contributed by atoms with Crippen molar-refractivity contribution in [2.24, 2.45) is 0 Å². The van der Waals surface area contributed by atoms with E-state index in [1.165, 1.54) is 11.3 Å².